The first-order valence-corrected chi connectivity index (χ1v) is 13.3. The second-order valence-corrected chi connectivity index (χ2v) is 11.3. The van der Waals surface area contributed by atoms with Crippen LogP contribution >= 0.6 is 0 Å². The fourth-order valence-electron chi connectivity index (χ4n) is 6.26. The van der Waals surface area contributed by atoms with Crippen LogP contribution in [-0.4, -0.2) is 44.9 Å². The first-order chi connectivity index (χ1) is 18.1. The highest BCUT2D eigenvalue weighted by Crippen LogP contribution is 2.47. The molecule has 0 radical (unpaired) electrons. The van der Waals surface area contributed by atoms with Crippen LogP contribution in [0, 0.1) is 11.3 Å². The van der Waals surface area contributed by atoms with E-state index in [9.17, 15) is 22.8 Å². The third-order valence-corrected chi connectivity index (χ3v) is 8.52. The zero-order chi connectivity index (χ0) is 26.7. The second-order valence-electron chi connectivity index (χ2n) is 11.3. The molecule has 4 heterocycles. The molecule has 0 spiro atoms. The molecule has 6 rings (SSSR count). The molecule has 1 aromatic carbocycles. The molecule has 1 amide bonds. The summed E-state index contributed by atoms with van der Waals surface area (Å²) in [5.41, 5.74) is 1.79. The van der Waals surface area contributed by atoms with Gasteiger partial charge in [-0.15, -0.1) is 0 Å². The van der Waals surface area contributed by atoms with E-state index in [0.717, 1.165) is 61.0 Å². The van der Waals surface area contributed by atoms with Crippen molar-refractivity contribution in [3.05, 3.63) is 75.3 Å². The number of rotatable bonds is 5. The van der Waals surface area contributed by atoms with Gasteiger partial charge in [-0.05, 0) is 60.0 Å². The zero-order valence-electron chi connectivity index (χ0n) is 21.4. The lowest BCUT2D eigenvalue weighted by Gasteiger charge is -2.37. The van der Waals surface area contributed by atoms with Gasteiger partial charge < -0.3 is 9.47 Å². The van der Waals surface area contributed by atoms with Crippen molar-refractivity contribution in [3.63, 3.8) is 0 Å². The van der Waals surface area contributed by atoms with E-state index in [1.165, 1.54) is 0 Å². The number of hydrogen-bond acceptors (Lipinski definition) is 4. The minimum absolute atomic E-state index is 0.0504. The number of aromatic nitrogens is 2. The molecule has 9 heteroatoms. The van der Waals surface area contributed by atoms with Gasteiger partial charge in [0.15, 0.2) is 0 Å². The number of amides is 1. The highest BCUT2D eigenvalue weighted by atomic mass is 19.4. The zero-order valence-corrected chi connectivity index (χ0v) is 21.4. The molecule has 1 aliphatic carbocycles. The number of aryl methyl sites for hydroxylation is 1. The minimum atomic E-state index is -4.46. The number of carbonyl (C=O) groups is 1. The quantitative estimate of drug-likeness (QED) is 0.492. The van der Waals surface area contributed by atoms with E-state index >= 15 is 0 Å². The average Bonchev–Trinajstić information content (AvgIpc) is 3.62. The summed E-state index contributed by atoms with van der Waals surface area (Å²) < 4.78 is 41.5. The van der Waals surface area contributed by atoms with Crippen molar-refractivity contribution in [2.75, 3.05) is 19.6 Å². The Hall–Kier alpha value is -3.20. The van der Waals surface area contributed by atoms with Crippen LogP contribution in [0.4, 0.5) is 13.2 Å². The van der Waals surface area contributed by atoms with E-state index in [-0.39, 0.29) is 18.0 Å². The molecule has 2 fully saturated rings. The van der Waals surface area contributed by atoms with Crippen molar-refractivity contribution in [1.82, 2.24) is 19.4 Å². The fourth-order valence-corrected chi connectivity index (χ4v) is 6.26. The number of likely N-dealkylation sites (tertiary alicyclic amines) is 1. The van der Waals surface area contributed by atoms with Crippen LogP contribution in [0.3, 0.4) is 0 Å². The van der Waals surface area contributed by atoms with Gasteiger partial charge in [0, 0.05) is 57.6 Å². The lowest BCUT2D eigenvalue weighted by atomic mass is 9.79. The topological polar surface area (TPSA) is 58.4 Å². The minimum Gasteiger partial charge on any atom is -0.337 e. The van der Waals surface area contributed by atoms with Crippen molar-refractivity contribution in [2.45, 2.75) is 51.4 Å². The number of carbonyl (C=O) groups excluding carboxylic acids is 1. The molecule has 1 unspecified atom stereocenters. The summed E-state index contributed by atoms with van der Waals surface area (Å²) in [7, 11) is 1.77. The molecule has 2 aliphatic heterocycles. The predicted molar refractivity (Wildman–Crippen MR) is 137 cm³/mol. The van der Waals surface area contributed by atoms with Crippen molar-refractivity contribution < 1.29 is 18.0 Å². The predicted octanol–water partition coefficient (Wildman–Crippen LogP) is 4.53. The second kappa shape index (κ2) is 9.22. The highest BCUT2D eigenvalue weighted by Gasteiger charge is 2.49. The van der Waals surface area contributed by atoms with Gasteiger partial charge in [0.2, 0.25) is 5.91 Å². The van der Waals surface area contributed by atoms with Crippen LogP contribution in [0.5, 0.6) is 0 Å². The maximum atomic E-state index is 14.1. The Kier molecular flexibility index (Phi) is 6.09. The summed E-state index contributed by atoms with van der Waals surface area (Å²) >= 11 is 0. The average molecular weight is 525 g/mol. The molecule has 3 aliphatic rings. The number of hydrogen-bond donors (Lipinski definition) is 0. The largest absolute Gasteiger partial charge is 0.417 e. The molecule has 1 atom stereocenters. The third kappa shape index (κ3) is 4.72. The molecule has 38 heavy (non-hydrogen) atoms. The van der Waals surface area contributed by atoms with E-state index in [1.54, 1.807) is 22.6 Å². The monoisotopic (exact) mass is 524 g/mol. The van der Waals surface area contributed by atoms with E-state index in [1.807, 2.05) is 18.2 Å². The van der Waals surface area contributed by atoms with Gasteiger partial charge in [-0.25, -0.2) is 0 Å². The van der Waals surface area contributed by atoms with Gasteiger partial charge >= 0.3 is 6.18 Å². The number of benzene rings is 1. The normalized spacial score (nSPS) is 22.2. The molecule has 0 bridgehead atoms. The van der Waals surface area contributed by atoms with E-state index in [0.29, 0.717) is 43.2 Å². The molecule has 3 aromatic rings. The van der Waals surface area contributed by atoms with Crippen LogP contribution in [0.2, 0.25) is 0 Å². The first-order valence-electron chi connectivity index (χ1n) is 13.3. The number of pyridine rings is 2. The van der Waals surface area contributed by atoms with Crippen molar-refractivity contribution in [2.24, 2.45) is 18.4 Å². The Bertz CT molecular complexity index is 1460. The SMILES string of the molecule is Cn1c(=O)ccc2ccc(CN3CCC(CC4CC4)(C(=O)N4CCc5ncc(C(F)(F)F)cc5C4)C3)cc21. The van der Waals surface area contributed by atoms with Gasteiger partial charge in [0.05, 0.1) is 16.5 Å². The number of alkyl halides is 3. The molecule has 200 valence electrons. The summed E-state index contributed by atoms with van der Waals surface area (Å²) in [5.74, 6) is 0.612. The molecule has 1 saturated heterocycles. The van der Waals surface area contributed by atoms with Crippen LogP contribution in [-0.2, 0) is 37.5 Å². The molecule has 0 N–H and O–H groups in total. The fraction of sp³-hybridized carbons (Fsp3) is 0.483. The summed E-state index contributed by atoms with van der Waals surface area (Å²) in [6, 6.07) is 10.7. The Balaban J connectivity index is 1.21. The van der Waals surface area contributed by atoms with Crippen molar-refractivity contribution in [1.29, 1.82) is 0 Å². The van der Waals surface area contributed by atoms with Gasteiger partial charge in [-0.2, -0.15) is 13.2 Å². The third-order valence-electron chi connectivity index (χ3n) is 8.52. The Morgan fingerprint density at radius 3 is 2.68 bits per heavy atom. The lowest BCUT2D eigenvalue weighted by molar-refractivity contribution is -0.143. The lowest BCUT2D eigenvalue weighted by Crippen LogP contribution is -2.47. The smallest absolute Gasteiger partial charge is 0.337 e. The number of halogens is 3. The Labute approximate surface area is 219 Å². The molecule has 2 aromatic heterocycles. The maximum absolute atomic E-state index is 14.1. The van der Waals surface area contributed by atoms with E-state index in [2.05, 4.69) is 16.0 Å². The number of nitrogens with zero attached hydrogens (tertiary/aromatic N) is 4. The van der Waals surface area contributed by atoms with Crippen LogP contribution in [0.25, 0.3) is 10.9 Å². The van der Waals surface area contributed by atoms with Crippen LogP contribution in [0.1, 0.15) is 48.1 Å². The van der Waals surface area contributed by atoms with Gasteiger partial charge in [-0.1, -0.05) is 25.0 Å². The van der Waals surface area contributed by atoms with Crippen molar-refractivity contribution in [3.8, 4) is 0 Å². The Morgan fingerprint density at radius 1 is 1.13 bits per heavy atom. The maximum Gasteiger partial charge on any atom is 0.417 e. The highest BCUT2D eigenvalue weighted by molar-refractivity contribution is 5.84. The van der Waals surface area contributed by atoms with E-state index < -0.39 is 17.2 Å². The summed E-state index contributed by atoms with van der Waals surface area (Å²) in [6.07, 6.45) is 0.757. The first kappa shape index (κ1) is 25.1. The summed E-state index contributed by atoms with van der Waals surface area (Å²) in [6.45, 7) is 2.76. The van der Waals surface area contributed by atoms with Crippen molar-refractivity contribution >= 4 is 16.8 Å². The molecular weight excluding hydrogens is 493 g/mol. The molecule has 6 nitrogen and oxygen atoms in total. The van der Waals surface area contributed by atoms with Gasteiger partial charge in [0.1, 0.15) is 0 Å². The van der Waals surface area contributed by atoms with E-state index in [4.69, 9.17) is 0 Å². The molecular formula is C29H31F3N4O2. The molecule has 1 saturated carbocycles. The standard InChI is InChI=1S/C29H31F3N4O2/c1-34-25-12-20(4-5-21(25)6-7-26(34)37)16-35-11-9-28(18-35,14-19-2-3-19)27(38)36-10-8-24-22(17-36)13-23(15-33-24)29(30,31)32/h4-7,12-13,15,19H,2-3,8-11,14,16-18H2,1H3. The van der Waals surface area contributed by atoms with Gasteiger partial charge in [-0.3, -0.25) is 19.5 Å². The van der Waals surface area contributed by atoms with Gasteiger partial charge in [0.25, 0.3) is 5.56 Å². The number of fused-ring (bicyclic) bond motifs is 2. The Morgan fingerprint density at radius 2 is 1.92 bits per heavy atom. The van der Waals surface area contributed by atoms with Crippen LogP contribution < -0.4 is 5.56 Å². The van der Waals surface area contributed by atoms with Crippen LogP contribution in [0.15, 0.2) is 47.4 Å². The summed E-state index contributed by atoms with van der Waals surface area (Å²) in [4.78, 5) is 34.3. The summed E-state index contributed by atoms with van der Waals surface area (Å²) in [5, 5.41) is 1.00.